The molecule has 1 unspecified atom stereocenters. The number of benzene rings is 1. The zero-order valence-corrected chi connectivity index (χ0v) is 21.1. The van der Waals surface area contributed by atoms with Gasteiger partial charge in [-0.1, -0.05) is 26.0 Å². The number of halogens is 1. The minimum atomic E-state index is -3.65. The highest BCUT2D eigenvalue weighted by Gasteiger charge is 2.22. The number of aromatic nitrogens is 2. The second kappa shape index (κ2) is 11.9. The Balaban J connectivity index is 2.63. The fourth-order valence-corrected chi connectivity index (χ4v) is 3.54. The van der Waals surface area contributed by atoms with Gasteiger partial charge in [-0.05, 0) is 37.1 Å². The van der Waals surface area contributed by atoms with E-state index in [1.807, 2.05) is 13.8 Å². The van der Waals surface area contributed by atoms with Crippen LogP contribution in [0.5, 0.6) is 0 Å². The maximum Gasteiger partial charge on any atom is 0.331 e. The molecule has 1 aromatic heterocycles. The van der Waals surface area contributed by atoms with Crippen molar-refractivity contribution in [2.45, 2.75) is 39.2 Å². The second-order valence-electron chi connectivity index (χ2n) is 8.08. The monoisotopic (exact) mass is 507 g/mol. The van der Waals surface area contributed by atoms with Crippen molar-refractivity contribution in [3.8, 4) is 11.3 Å². The van der Waals surface area contributed by atoms with Crippen LogP contribution in [0, 0.1) is 5.82 Å². The first-order valence-electron chi connectivity index (χ1n) is 10.9. The lowest BCUT2D eigenvalue weighted by atomic mass is 9.97. The van der Waals surface area contributed by atoms with E-state index in [1.165, 1.54) is 37.4 Å². The van der Waals surface area contributed by atoms with Crippen molar-refractivity contribution in [1.82, 2.24) is 9.97 Å². The first kappa shape index (κ1) is 27.9. The van der Waals surface area contributed by atoms with Crippen molar-refractivity contribution in [2.75, 3.05) is 24.2 Å². The first-order chi connectivity index (χ1) is 16.3. The molecule has 0 aliphatic heterocycles. The average molecular weight is 508 g/mol. The summed E-state index contributed by atoms with van der Waals surface area (Å²) in [5.74, 6) is -1.73. The Kier molecular flexibility index (Phi) is 9.49. The fraction of sp³-hybridized carbons (Fsp3) is 0.375. The van der Waals surface area contributed by atoms with Crippen molar-refractivity contribution in [3.05, 3.63) is 59.3 Å². The molecule has 0 radical (unpaired) electrons. The van der Waals surface area contributed by atoms with E-state index in [-0.39, 0.29) is 30.7 Å². The highest BCUT2D eigenvalue weighted by atomic mass is 32.2. The van der Waals surface area contributed by atoms with E-state index in [9.17, 15) is 22.7 Å². The molecular formula is C24H30FN3O6S. The minimum absolute atomic E-state index is 0.0451. The number of hydrogen-bond donors (Lipinski definition) is 2. The molecule has 0 saturated carbocycles. The molecule has 0 bridgehead atoms. The van der Waals surface area contributed by atoms with E-state index in [2.05, 4.69) is 9.97 Å². The number of carboxylic acids is 1. The van der Waals surface area contributed by atoms with Crippen molar-refractivity contribution >= 4 is 28.0 Å². The predicted molar refractivity (Wildman–Crippen MR) is 132 cm³/mol. The third-order valence-electron chi connectivity index (χ3n) is 4.92. The molecule has 9 nitrogen and oxygen atoms in total. The van der Waals surface area contributed by atoms with Crippen LogP contribution in [0.2, 0.25) is 0 Å². The fourth-order valence-electron chi connectivity index (χ4n) is 3.16. The molecule has 0 aliphatic carbocycles. The molecule has 0 spiro atoms. The summed E-state index contributed by atoms with van der Waals surface area (Å²) in [7, 11) is -2.31. The van der Waals surface area contributed by atoms with Gasteiger partial charge in [0.05, 0.1) is 36.4 Å². The van der Waals surface area contributed by atoms with Gasteiger partial charge in [0, 0.05) is 24.6 Å². The molecule has 190 valence electrons. The minimum Gasteiger partial charge on any atom is -0.498 e. The van der Waals surface area contributed by atoms with Gasteiger partial charge >= 0.3 is 5.97 Å². The van der Waals surface area contributed by atoms with Gasteiger partial charge in [-0.2, -0.15) is 0 Å². The Labute approximate surface area is 204 Å². The predicted octanol–water partition coefficient (Wildman–Crippen LogP) is 3.57. The molecule has 1 atom stereocenters. The Morgan fingerprint density at radius 3 is 2.37 bits per heavy atom. The number of sulfonamides is 1. The molecule has 1 heterocycles. The lowest BCUT2D eigenvalue weighted by Gasteiger charge is -2.20. The summed E-state index contributed by atoms with van der Waals surface area (Å²) in [5, 5.41) is 19.5. The van der Waals surface area contributed by atoms with E-state index in [1.54, 1.807) is 13.0 Å². The SMILES string of the molecule is CCOC(=CC(=O)O)CC(O)C=Cc1c(-c2ccc(F)cc2)nc(N(C)S(C)(=O)=O)nc1C(C)C. The van der Waals surface area contributed by atoms with Crippen molar-refractivity contribution in [3.63, 3.8) is 0 Å². The average Bonchev–Trinajstić information content (AvgIpc) is 2.76. The van der Waals surface area contributed by atoms with Crippen LogP contribution in [-0.2, 0) is 19.6 Å². The third kappa shape index (κ3) is 7.86. The number of ether oxygens (including phenoxy) is 1. The quantitative estimate of drug-likeness (QED) is 0.349. The van der Waals surface area contributed by atoms with E-state index >= 15 is 0 Å². The maximum atomic E-state index is 13.6. The number of aliphatic hydroxyl groups excluding tert-OH is 1. The van der Waals surface area contributed by atoms with Gasteiger partial charge in [0.15, 0.2) is 0 Å². The number of aliphatic carboxylic acids is 1. The highest BCUT2D eigenvalue weighted by molar-refractivity contribution is 7.92. The topological polar surface area (TPSA) is 130 Å². The van der Waals surface area contributed by atoms with Crippen LogP contribution in [0.25, 0.3) is 17.3 Å². The molecule has 2 N–H and O–H groups in total. The summed E-state index contributed by atoms with van der Waals surface area (Å²) in [6.07, 6.45) is 3.80. The van der Waals surface area contributed by atoms with Crippen LogP contribution in [0.1, 0.15) is 44.4 Å². The lowest BCUT2D eigenvalue weighted by Crippen LogP contribution is -2.27. The van der Waals surface area contributed by atoms with Gasteiger partial charge in [0.2, 0.25) is 16.0 Å². The summed E-state index contributed by atoms with van der Waals surface area (Å²) >= 11 is 0. The molecule has 0 saturated heterocycles. The first-order valence-corrected chi connectivity index (χ1v) is 12.7. The normalized spacial score (nSPS) is 13.3. The van der Waals surface area contributed by atoms with Crippen molar-refractivity contribution in [2.24, 2.45) is 0 Å². The standard InChI is InChI=1S/C24H30FN3O6S/c1-6-34-19(14-21(30)31)13-18(29)11-12-20-22(15(2)3)26-24(28(4)35(5,32)33)27-23(20)16-7-9-17(25)10-8-16/h7-12,14-15,18,29H,6,13H2,1-5H3,(H,30,31). The van der Waals surface area contributed by atoms with Gasteiger partial charge in [-0.3, -0.25) is 0 Å². The number of carboxylic acid groups (broad SMARTS) is 1. The Morgan fingerprint density at radius 1 is 1.23 bits per heavy atom. The number of nitrogens with zero attached hydrogens (tertiary/aromatic N) is 3. The summed E-state index contributed by atoms with van der Waals surface area (Å²) in [6, 6.07) is 5.56. The Morgan fingerprint density at radius 2 is 1.86 bits per heavy atom. The molecule has 0 fully saturated rings. The number of rotatable bonds is 11. The van der Waals surface area contributed by atoms with Crippen LogP contribution in [0.4, 0.5) is 10.3 Å². The van der Waals surface area contributed by atoms with E-state index in [0.717, 1.165) is 16.6 Å². The van der Waals surface area contributed by atoms with Gasteiger partial charge in [0.1, 0.15) is 11.6 Å². The Bertz CT molecular complexity index is 1210. The number of aliphatic hydroxyl groups is 1. The maximum absolute atomic E-state index is 13.6. The number of anilines is 1. The molecule has 35 heavy (non-hydrogen) atoms. The molecule has 0 amide bonds. The zero-order chi connectivity index (χ0) is 26.3. The van der Waals surface area contributed by atoms with Crippen LogP contribution >= 0.6 is 0 Å². The number of carbonyl (C=O) groups is 1. The van der Waals surface area contributed by atoms with Crippen LogP contribution in [0.15, 0.2) is 42.2 Å². The van der Waals surface area contributed by atoms with Crippen LogP contribution in [0.3, 0.4) is 0 Å². The van der Waals surface area contributed by atoms with Crippen molar-refractivity contribution < 1.29 is 32.6 Å². The second-order valence-corrected chi connectivity index (χ2v) is 10.1. The molecule has 2 rings (SSSR count). The van der Waals surface area contributed by atoms with Gasteiger partial charge in [-0.15, -0.1) is 0 Å². The van der Waals surface area contributed by atoms with Gasteiger partial charge < -0.3 is 14.9 Å². The van der Waals surface area contributed by atoms with E-state index in [0.29, 0.717) is 22.5 Å². The van der Waals surface area contributed by atoms with E-state index in [4.69, 9.17) is 9.84 Å². The number of hydrogen-bond acceptors (Lipinski definition) is 7. The summed E-state index contributed by atoms with van der Waals surface area (Å²) in [5.41, 5.74) is 1.90. The summed E-state index contributed by atoms with van der Waals surface area (Å²) in [6.45, 7) is 5.69. The summed E-state index contributed by atoms with van der Waals surface area (Å²) in [4.78, 5) is 19.9. The Hall–Kier alpha value is -3.31. The van der Waals surface area contributed by atoms with Crippen molar-refractivity contribution in [1.29, 1.82) is 0 Å². The van der Waals surface area contributed by atoms with E-state index < -0.39 is 27.9 Å². The third-order valence-corrected chi connectivity index (χ3v) is 6.07. The smallest absolute Gasteiger partial charge is 0.331 e. The molecule has 11 heteroatoms. The molecular weight excluding hydrogens is 477 g/mol. The van der Waals surface area contributed by atoms with Crippen LogP contribution < -0.4 is 4.31 Å². The molecule has 2 aromatic rings. The zero-order valence-electron chi connectivity index (χ0n) is 20.3. The lowest BCUT2D eigenvalue weighted by molar-refractivity contribution is -0.131. The van der Waals surface area contributed by atoms with Crippen LogP contribution in [-0.4, -0.2) is 60.6 Å². The summed E-state index contributed by atoms with van der Waals surface area (Å²) < 4.78 is 44.1. The molecule has 0 aliphatic rings. The highest BCUT2D eigenvalue weighted by Crippen LogP contribution is 2.31. The van der Waals surface area contributed by atoms with Gasteiger partial charge in [0.25, 0.3) is 0 Å². The van der Waals surface area contributed by atoms with Gasteiger partial charge in [-0.25, -0.2) is 31.9 Å². The largest absolute Gasteiger partial charge is 0.498 e. The molecule has 1 aromatic carbocycles.